The van der Waals surface area contributed by atoms with Gasteiger partial charge in [0.05, 0.1) is 11.0 Å². The molecular formula is C12H18N4OS. The maximum atomic E-state index is 11.7. The molecule has 0 aliphatic carbocycles. The van der Waals surface area contributed by atoms with E-state index in [2.05, 4.69) is 15.6 Å². The number of rotatable bonds is 5. The fourth-order valence-corrected chi connectivity index (χ4v) is 1.63. The minimum Gasteiger partial charge on any atom is -0.389 e. The largest absolute Gasteiger partial charge is 0.389 e. The van der Waals surface area contributed by atoms with E-state index in [9.17, 15) is 4.79 Å². The van der Waals surface area contributed by atoms with Crippen molar-refractivity contribution in [2.75, 3.05) is 18.9 Å². The number of thiocarbonyl (C=S) groups is 1. The minimum atomic E-state index is -0.542. The lowest BCUT2D eigenvalue weighted by Crippen LogP contribution is -2.39. The molecule has 1 aromatic rings. The van der Waals surface area contributed by atoms with Gasteiger partial charge >= 0.3 is 0 Å². The van der Waals surface area contributed by atoms with Crippen molar-refractivity contribution in [3.05, 3.63) is 23.9 Å². The van der Waals surface area contributed by atoms with Crippen LogP contribution in [0.2, 0.25) is 0 Å². The molecule has 4 N–H and O–H groups in total. The summed E-state index contributed by atoms with van der Waals surface area (Å²) in [5.74, 6) is 0.560. The highest BCUT2D eigenvalue weighted by atomic mass is 32.1. The Morgan fingerprint density at radius 2 is 2.22 bits per heavy atom. The van der Waals surface area contributed by atoms with Crippen molar-refractivity contribution in [3.8, 4) is 0 Å². The molecule has 0 aliphatic rings. The van der Waals surface area contributed by atoms with Crippen LogP contribution in [0.15, 0.2) is 18.3 Å². The number of nitrogens with two attached hydrogens (primary N) is 1. The zero-order chi connectivity index (χ0) is 13.8. The normalized spacial score (nSPS) is 10.8. The van der Waals surface area contributed by atoms with Gasteiger partial charge < -0.3 is 16.4 Å². The van der Waals surface area contributed by atoms with Crippen LogP contribution in [0.1, 0.15) is 19.4 Å². The highest BCUT2D eigenvalue weighted by Crippen LogP contribution is 2.18. The Hall–Kier alpha value is -1.69. The molecule has 5 nitrogen and oxygen atoms in total. The van der Waals surface area contributed by atoms with Gasteiger partial charge in [-0.1, -0.05) is 12.2 Å². The maximum absolute atomic E-state index is 11.7. The molecule has 0 spiro atoms. The summed E-state index contributed by atoms with van der Waals surface area (Å²) in [7, 11) is 1.62. The first kappa shape index (κ1) is 14.4. The summed E-state index contributed by atoms with van der Waals surface area (Å²) in [6, 6.07) is 3.56. The Morgan fingerprint density at radius 1 is 1.56 bits per heavy atom. The van der Waals surface area contributed by atoms with Gasteiger partial charge in [-0.25, -0.2) is 4.98 Å². The van der Waals surface area contributed by atoms with Crippen LogP contribution in [0.5, 0.6) is 0 Å². The van der Waals surface area contributed by atoms with E-state index < -0.39 is 5.41 Å². The molecule has 1 amide bonds. The predicted octanol–water partition coefficient (Wildman–Crippen LogP) is 0.900. The Labute approximate surface area is 112 Å². The topological polar surface area (TPSA) is 80.0 Å². The van der Waals surface area contributed by atoms with Crippen molar-refractivity contribution in [2.24, 2.45) is 11.1 Å². The molecular weight excluding hydrogens is 248 g/mol. The molecule has 0 radical (unpaired) electrons. The second-order valence-electron chi connectivity index (χ2n) is 4.58. The van der Waals surface area contributed by atoms with Crippen LogP contribution in [0.4, 0.5) is 5.82 Å². The van der Waals surface area contributed by atoms with Crippen LogP contribution >= 0.6 is 12.2 Å². The van der Waals surface area contributed by atoms with E-state index in [1.165, 1.54) is 0 Å². The van der Waals surface area contributed by atoms with Crippen LogP contribution in [0.25, 0.3) is 0 Å². The van der Waals surface area contributed by atoms with Gasteiger partial charge in [0.25, 0.3) is 0 Å². The van der Waals surface area contributed by atoms with Gasteiger partial charge in [0.15, 0.2) is 0 Å². The third-order valence-corrected chi connectivity index (χ3v) is 2.83. The summed E-state index contributed by atoms with van der Waals surface area (Å²) >= 11 is 4.95. The van der Waals surface area contributed by atoms with Crippen LogP contribution in [0.3, 0.4) is 0 Å². The summed E-state index contributed by atoms with van der Waals surface area (Å²) in [6.45, 7) is 4.14. The molecule has 0 saturated carbocycles. The monoisotopic (exact) mass is 266 g/mol. The van der Waals surface area contributed by atoms with Crippen molar-refractivity contribution in [1.82, 2.24) is 10.3 Å². The number of aromatic nitrogens is 1. The standard InChI is InChI=1S/C12H18N4OS/c1-12(2,11(17)14-3)7-16-10-8(9(13)18)5-4-6-15-10/h4-6H,7H2,1-3H3,(H2,13,18)(H,14,17)(H,15,16). The molecule has 98 valence electrons. The lowest BCUT2D eigenvalue weighted by Gasteiger charge is -2.23. The van der Waals surface area contributed by atoms with Crippen molar-refractivity contribution in [2.45, 2.75) is 13.8 Å². The van der Waals surface area contributed by atoms with Gasteiger partial charge in [-0.3, -0.25) is 4.79 Å². The summed E-state index contributed by atoms with van der Waals surface area (Å²) < 4.78 is 0. The third kappa shape index (κ3) is 3.40. The molecule has 0 atom stereocenters. The molecule has 0 saturated heterocycles. The number of hydrogen-bond donors (Lipinski definition) is 3. The molecule has 18 heavy (non-hydrogen) atoms. The highest BCUT2D eigenvalue weighted by Gasteiger charge is 2.26. The van der Waals surface area contributed by atoms with Gasteiger partial charge in [-0.05, 0) is 26.0 Å². The first-order valence-electron chi connectivity index (χ1n) is 5.59. The smallest absolute Gasteiger partial charge is 0.227 e. The lowest BCUT2D eigenvalue weighted by molar-refractivity contribution is -0.128. The number of anilines is 1. The fraction of sp³-hybridized carbons (Fsp3) is 0.417. The molecule has 1 rings (SSSR count). The van der Waals surface area contributed by atoms with Crippen LogP contribution < -0.4 is 16.4 Å². The lowest BCUT2D eigenvalue weighted by atomic mass is 9.92. The van der Waals surface area contributed by atoms with Gasteiger partial charge in [-0.2, -0.15) is 0 Å². The van der Waals surface area contributed by atoms with Crippen molar-refractivity contribution in [3.63, 3.8) is 0 Å². The summed E-state index contributed by atoms with van der Waals surface area (Å²) in [5, 5.41) is 5.74. The first-order chi connectivity index (χ1) is 8.38. The van der Waals surface area contributed by atoms with Gasteiger partial charge in [-0.15, -0.1) is 0 Å². The average molecular weight is 266 g/mol. The summed E-state index contributed by atoms with van der Waals surface area (Å²) in [5.41, 5.74) is 5.75. The van der Waals surface area contributed by atoms with E-state index in [0.29, 0.717) is 17.9 Å². The Balaban J connectivity index is 2.81. The highest BCUT2D eigenvalue weighted by molar-refractivity contribution is 7.80. The zero-order valence-electron chi connectivity index (χ0n) is 10.8. The number of amides is 1. The second-order valence-corrected chi connectivity index (χ2v) is 5.02. The molecule has 6 heteroatoms. The fourth-order valence-electron chi connectivity index (χ4n) is 1.47. The zero-order valence-corrected chi connectivity index (χ0v) is 11.6. The molecule has 1 heterocycles. The summed E-state index contributed by atoms with van der Waals surface area (Å²) in [4.78, 5) is 16.1. The third-order valence-electron chi connectivity index (χ3n) is 2.61. The molecule has 0 fully saturated rings. The van der Waals surface area contributed by atoms with Crippen LogP contribution in [-0.4, -0.2) is 29.5 Å². The van der Waals surface area contributed by atoms with Crippen LogP contribution in [0, 0.1) is 5.41 Å². The van der Waals surface area contributed by atoms with E-state index in [1.54, 1.807) is 25.4 Å². The molecule has 0 unspecified atom stereocenters. The molecule has 0 bridgehead atoms. The van der Waals surface area contributed by atoms with Crippen molar-refractivity contribution in [1.29, 1.82) is 0 Å². The van der Waals surface area contributed by atoms with Gasteiger partial charge in [0.2, 0.25) is 5.91 Å². The Bertz CT molecular complexity index is 459. The number of pyridine rings is 1. The summed E-state index contributed by atoms with van der Waals surface area (Å²) in [6.07, 6.45) is 1.65. The quantitative estimate of drug-likeness (QED) is 0.690. The van der Waals surface area contributed by atoms with E-state index in [1.807, 2.05) is 13.8 Å². The van der Waals surface area contributed by atoms with Crippen LogP contribution in [-0.2, 0) is 4.79 Å². The average Bonchev–Trinajstić information content (AvgIpc) is 2.35. The SMILES string of the molecule is CNC(=O)C(C)(C)CNc1ncccc1C(N)=S. The van der Waals surface area contributed by atoms with E-state index >= 15 is 0 Å². The minimum absolute atomic E-state index is 0.0391. The number of hydrogen-bond acceptors (Lipinski definition) is 4. The Morgan fingerprint density at radius 3 is 2.78 bits per heavy atom. The Kier molecular flexibility index (Phi) is 4.61. The van der Waals surface area contributed by atoms with Crippen molar-refractivity contribution >= 4 is 28.9 Å². The number of nitrogens with one attached hydrogen (secondary N) is 2. The molecule has 0 aliphatic heterocycles. The molecule has 0 aromatic carbocycles. The van der Waals surface area contributed by atoms with Gasteiger partial charge in [0, 0.05) is 19.8 Å². The maximum Gasteiger partial charge on any atom is 0.227 e. The number of nitrogens with zero attached hydrogens (tertiary/aromatic N) is 1. The number of carbonyl (C=O) groups is 1. The van der Waals surface area contributed by atoms with Gasteiger partial charge in [0.1, 0.15) is 10.8 Å². The second kappa shape index (κ2) is 5.77. The van der Waals surface area contributed by atoms with Crippen molar-refractivity contribution < 1.29 is 4.79 Å². The van der Waals surface area contributed by atoms with E-state index in [-0.39, 0.29) is 10.9 Å². The number of carbonyl (C=O) groups excluding carboxylic acids is 1. The predicted molar refractivity (Wildman–Crippen MR) is 76.5 cm³/mol. The van der Waals surface area contributed by atoms with E-state index in [0.717, 1.165) is 0 Å². The molecule has 1 aromatic heterocycles. The van der Waals surface area contributed by atoms with E-state index in [4.69, 9.17) is 18.0 Å². The first-order valence-corrected chi connectivity index (χ1v) is 6.00.